The van der Waals surface area contributed by atoms with Crippen molar-refractivity contribution in [3.05, 3.63) is 29.8 Å². The number of hydrogen-bond donors (Lipinski definition) is 1. The lowest BCUT2D eigenvalue weighted by atomic mass is 10.0. The smallest absolute Gasteiger partial charge is 0.410 e. The summed E-state index contributed by atoms with van der Waals surface area (Å²) in [4.78, 5) is 13.6. The van der Waals surface area contributed by atoms with Crippen molar-refractivity contribution in [3.8, 4) is 5.75 Å². The van der Waals surface area contributed by atoms with Gasteiger partial charge in [0.1, 0.15) is 11.4 Å². The van der Waals surface area contributed by atoms with Crippen molar-refractivity contribution >= 4 is 6.09 Å². The van der Waals surface area contributed by atoms with E-state index in [9.17, 15) is 4.79 Å². The summed E-state index contributed by atoms with van der Waals surface area (Å²) in [7, 11) is 3.28. The second-order valence-electron chi connectivity index (χ2n) is 5.58. The first-order valence-corrected chi connectivity index (χ1v) is 6.59. The Morgan fingerprint density at radius 3 is 2.45 bits per heavy atom. The number of hydrogen-bond acceptors (Lipinski definition) is 4. The average molecular weight is 280 g/mol. The third-order valence-corrected chi connectivity index (χ3v) is 2.87. The Kier molecular flexibility index (Phi) is 5.39. The highest BCUT2D eigenvalue weighted by molar-refractivity contribution is 5.68. The van der Waals surface area contributed by atoms with E-state index < -0.39 is 11.7 Å². The van der Waals surface area contributed by atoms with Gasteiger partial charge in [-0.2, -0.15) is 0 Å². The van der Waals surface area contributed by atoms with Gasteiger partial charge < -0.3 is 20.1 Å². The topological polar surface area (TPSA) is 64.8 Å². The summed E-state index contributed by atoms with van der Waals surface area (Å²) in [5.41, 5.74) is 6.16. The molecule has 0 radical (unpaired) electrons. The molecule has 1 aromatic carbocycles. The van der Waals surface area contributed by atoms with Crippen LogP contribution in [0, 0.1) is 0 Å². The fourth-order valence-corrected chi connectivity index (χ4v) is 1.90. The van der Waals surface area contributed by atoms with Crippen LogP contribution in [0.3, 0.4) is 0 Å². The maximum absolute atomic E-state index is 12.1. The quantitative estimate of drug-likeness (QED) is 0.920. The summed E-state index contributed by atoms with van der Waals surface area (Å²) < 4.78 is 10.7. The van der Waals surface area contributed by atoms with Gasteiger partial charge in [0, 0.05) is 19.2 Å². The molecule has 0 bridgehead atoms. The van der Waals surface area contributed by atoms with Crippen molar-refractivity contribution in [2.75, 3.05) is 20.7 Å². The molecular formula is C15H24N2O3. The van der Waals surface area contributed by atoms with E-state index in [1.165, 1.54) is 4.90 Å². The largest absolute Gasteiger partial charge is 0.496 e. The number of carbonyl (C=O) groups is 1. The lowest BCUT2D eigenvalue weighted by Crippen LogP contribution is -2.39. The van der Waals surface area contributed by atoms with Crippen molar-refractivity contribution in [2.45, 2.75) is 32.4 Å². The lowest BCUT2D eigenvalue weighted by Gasteiger charge is -2.31. The Labute approximate surface area is 120 Å². The predicted octanol–water partition coefficient (Wildman–Crippen LogP) is 2.56. The van der Waals surface area contributed by atoms with Gasteiger partial charge in [-0.05, 0) is 26.8 Å². The molecule has 1 rings (SSSR count). The minimum atomic E-state index is -0.536. The molecule has 0 aliphatic heterocycles. The van der Waals surface area contributed by atoms with Crippen LogP contribution in [0.25, 0.3) is 0 Å². The minimum Gasteiger partial charge on any atom is -0.496 e. The minimum absolute atomic E-state index is 0.288. The molecule has 0 spiro atoms. The number of amides is 1. The first-order valence-electron chi connectivity index (χ1n) is 6.59. The first kappa shape index (κ1) is 16.3. The van der Waals surface area contributed by atoms with Crippen molar-refractivity contribution in [1.82, 2.24) is 4.90 Å². The molecule has 5 heteroatoms. The van der Waals surface area contributed by atoms with Crippen LogP contribution < -0.4 is 10.5 Å². The zero-order chi connectivity index (χ0) is 15.3. The summed E-state index contributed by atoms with van der Waals surface area (Å²) in [5, 5.41) is 0. The second kappa shape index (κ2) is 6.61. The zero-order valence-electron chi connectivity index (χ0n) is 12.8. The van der Waals surface area contributed by atoms with E-state index in [1.54, 1.807) is 14.2 Å². The van der Waals surface area contributed by atoms with E-state index in [-0.39, 0.29) is 12.6 Å². The molecule has 0 saturated heterocycles. The Hall–Kier alpha value is -1.75. The van der Waals surface area contributed by atoms with Crippen molar-refractivity contribution in [1.29, 1.82) is 0 Å². The molecule has 2 N–H and O–H groups in total. The predicted molar refractivity (Wildman–Crippen MR) is 78.8 cm³/mol. The van der Waals surface area contributed by atoms with Crippen LogP contribution in [-0.2, 0) is 4.74 Å². The summed E-state index contributed by atoms with van der Waals surface area (Å²) in [6, 6.07) is 7.23. The van der Waals surface area contributed by atoms with Gasteiger partial charge in [0.2, 0.25) is 0 Å². The van der Waals surface area contributed by atoms with Crippen molar-refractivity contribution in [3.63, 3.8) is 0 Å². The van der Waals surface area contributed by atoms with E-state index in [0.29, 0.717) is 5.75 Å². The highest BCUT2D eigenvalue weighted by atomic mass is 16.6. The molecule has 0 aromatic heterocycles. The number of para-hydroxylation sites is 1. The SMILES string of the molecule is COc1ccccc1C(CN)N(C)C(=O)OC(C)(C)C. The maximum Gasteiger partial charge on any atom is 0.410 e. The van der Waals surface area contributed by atoms with Crippen LogP contribution in [0.2, 0.25) is 0 Å². The average Bonchev–Trinajstić information content (AvgIpc) is 2.38. The number of nitrogens with two attached hydrogens (primary N) is 1. The van der Waals surface area contributed by atoms with Gasteiger partial charge in [-0.3, -0.25) is 0 Å². The fourth-order valence-electron chi connectivity index (χ4n) is 1.90. The number of likely N-dealkylation sites (N-methyl/N-ethyl adjacent to an activating group) is 1. The van der Waals surface area contributed by atoms with E-state index in [4.69, 9.17) is 15.2 Å². The number of methoxy groups -OCH3 is 1. The van der Waals surface area contributed by atoms with Gasteiger partial charge in [-0.1, -0.05) is 18.2 Å². The number of ether oxygens (including phenoxy) is 2. The first-order chi connectivity index (χ1) is 9.30. The van der Waals surface area contributed by atoms with Gasteiger partial charge in [0.25, 0.3) is 0 Å². The number of rotatable bonds is 4. The zero-order valence-corrected chi connectivity index (χ0v) is 12.8. The third-order valence-electron chi connectivity index (χ3n) is 2.87. The summed E-state index contributed by atoms with van der Waals surface area (Å²) >= 11 is 0. The molecule has 20 heavy (non-hydrogen) atoms. The van der Waals surface area contributed by atoms with Gasteiger partial charge >= 0.3 is 6.09 Å². The number of benzene rings is 1. The fraction of sp³-hybridized carbons (Fsp3) is 0.533. The monoisotopic (exact) mass is 280 g/mol. The van der Waals surface area contributed by atoms with E-state index in [0.717, 1.165) is 5.56 Å². The Balaban J connectivity index is 2.98. The molecule has 5 nitrogen and oxygen atoms in total. The molecule has 0 fully saturated rings. The highest BCUT2D eigenvalue weighted by Crippen LogP contribution is 2.28. The maximum atomic E-state index is 12.1. The Bertz CT molecular complexity index is 455. The van der Waals surface area contributed by atoms with Crippen molar-refractivity contribution < 1.29 is 14.3 Å². The molecule has 1 aromatic rings. The molecule has 1 unspecified atom stereocenters. The van der Waals surface area contributed by atoms with E-state index in [1.807, 2.05) is 45.0 Å². The standard InChI is InChI=1S/C15H24N2O3/c1-15(2,3)20-14(18)17(4)12(10-16)11-8-6-7-9-13(11)19-5/h6-9,12H,10,16H2,1-5H3. The van der Waals surface area contributed by atoms with Crippen LogP contribution in [0.15, 0.2) is 24.3 Å². The normalized spacial score (nSPS) is 12.7. The third kappa shape index (κ3) is 4.13. The van der Waals surface area contributed by atoms with Crippen LogP contribution in [0.4, 0.5) is 4.79 Å². The molecular weight excluding hydrogens is 256 g/mol. The molecule has 112 valence electrons. The van der Waals surface area contributed by atoms with Crippen LogP contribution in [-0.4, -0.2) is 37.3 Å². The lowest BCUT2D eigenvalue weighted by molar-refractivity contribution is 0.0224. The summed E-state index contributed by atoms with van der Waals surface area (Å²) in [6.07, 6.45) is -0.404. The molecule has 1 amide bonds. The van der Waals surface area contributed by atoms with Gasteiger partial charge in [-0.15, -0.1) is 0 Å². The van der Waals surface area contributed by atoms with Crippen LogP contribution in [0.5, 0.6) is 5.75 Å². The van der Waals surface area contributed by atoms with Gasteiger partial charge in [0.15, 0.2) is 0 Å². The van der Waals surface area contributed by atoms with Gasteiger partial charge in [-0.25, -0.2) is 4.79 Å². The molecule has 0 aliphatic rings. The van der Waals surface area contributed by atoms with Crippen LogP contribution in [0.1, 0.15) is 32.4 Å². The van der Waals surface area contributed by atoms with Crippen molar-refractivity contribution in [2.24, 2.45) is 5.73 Å². The molecule has 0 heterocycles. The Morgan fingerprint density at radius 1 is 1.35 bits per heavy atom. The molecule has 0 saturated carbocycles. The second-order valence-corrected chi connectivity index (χ2v) is 5.58. The van der Waals surface area contributed by atoms with Crippen LogP contribution >= 0.6 is 0 Å². The molecule has 0 aliphatic carbocycles. The molecule has 1 atom stereocenters. The highest BCUT2D eigenvalue weighted by Gasteiger charge is 2.27. The number of nitrogens with zero attached hydrogens (tertiary/aromatic N) is 1. The summed E-state index contributed by atoms with van der Waals surface area (Å²) in [6.45, 7) is 5.79. The van der Waals surface area contributed by atoms with E-state index in [2.05, 4.69) is 0 Å². The number of carbonyl (C=O) groups excluding carboxylic acids is 1. The van der Waals surface area contributed by atoms with E-state index >= 15 is 0 Å². The summed E-state index contributed by atoms with van der Waals surface area (Å²) in [5.74, 6) is 0.707. The van der Waals surface area contributed by atoms with Gasteiger partial charge in [0.05, 0.1) is 13.2 Å². The Morgan fingerprint density at radius 2 is 1.95 bits per heavy atom.